The lowest BCUT2D eigenvalue weighted by Gasteiger charge is -2.26. The molecule has 0 spiro atoms. The van der Waals surface area contributed by atoms with Gasteiger partial charge in [0.05, 0.1) is 12.8 Å². The number of amides is 2. The number of nitrogens with zero attached hydrogens (tertiary/aromatic N) is 2. The summed E-state index contributed by atoms with van der Waals surface area (Å²) in [6.45, 7) is 0.758. The van der Waals surface area contributed by atoms with Crippen molar-refractivity contribution in [2.75, 3.05) is 23.9 Å². The van der Waals surface area contributed by atoms with Crippen molar-refractivity contribution in [2.45, 2.75) is 38.5 Å². The second-order valence-corrected chi connectivity index (χ2v) is 9.50. The minimum absolute atomic E-state index is 0.180. The van der Waals surface area contributed by atoms with Crippen LogP contribution < -0.4 is 15.0 Å². The first kappa shape index (κ1) is 21.6. The molecule has 0 bridgehead atoms. The van der Waals surface area contributed by atoms with E-state index in [1.165, 1.54) is 23.3 Å². The molecule has 1 saturated carbocycles. The molecule has 3 aromatic rings. The molecule has 2 heterocycles. The van der Waals surface area contributed by atoms with Gasteiger partial charge in [-0.25, -0.2) is 4.98 Å². The van der Waals surface area contributed by atoms with Crippen molar-refractivity contribution in [2.24, 2.45) is 5.92 Å². The standard InChI is InChI=1S/C26H27N3O3S/c1-32-21-10-7-17(8-11-21)24(30)28-26-27-22(16-33-26)19-9-12-23-20(15-19)13-14-29(23)25(31)18-5-3-2-4-6-18/h7-12,15-16,18H,2-6,13-14H2,1H3,(H,27,28,30). The van der Waals surface area contributed by atoms with E-state index in [4.69, 9.17) is 4.74 Å². The third-order valence-electron chi connectivity index (χ3n) is 6.57. The fourth-order valence-corrected chi connectivity index (χ4v) is 5.45. The number of hydrogen-bond acceptors (Lipinski definition) is 5. The predicted molar refractivity (Wildman–Crippen MR) is 131 cm³/mol. The van der Waals surface area contributed by atoms with Crippen LogP contribution >= 0.6 is 11.3 Å². The normalized spacial score (nSPS) is 15.8. The third kappa shape index (κ3) is 4.50. The molecule has 2 aliphatic rings. The molecule has 0 radical (unpaired) electrons. The Morgan fingerprint density at radius 2 is 1.88 bits per heavy atom. The lowest BCUT2D eigenvalue weighted by atomic mass is 9.88. The minimum Gasteiger partial charge on any atom is -0.497 e. The highest BCUT2D eigenvalue weighted by molar-refractivity contribution is 7.14. The molecule has 1 aromatic heterocycles. The molecule has 6 nitrogen and oxygen atoms in total. The molecule has 2 aromatic carbocycles. The van der Waals surface area contributed by atoms with Crippen LogP contribution in [0, 0.1) is 5.92 Å². The largest absolute Gasteiger partial charge is 0.497 e. The summed E-state index contributed by atoms with van der Waals surface area (Å²) in [7, 11) is 1.59. The monoisotopic (exact) mass is 461 g/mol. The van der Waals surface area contributed by atoms with Gasteiger partial charge in [-0.2, -0.15) is 0 Å². The van der Waals surface area contributed by atoms with Gasteiger partial charge in [0.15, 0.2) is 5.13 Å². The summed E-state index contributed by atoms with van der Waals surface area (Å²) < 4.78 is 5.14. The molecule has 170 valence electrons. The number of anilines is 2. The van der Waals surface area contributed by atoms with E-state index in [2.05, 4.69) is 16.4 Å². The number of rotatable bonds is 5. The molecule has 7 heteroatoms. The Morgan fingerprint density at radius 1 is 1.09 bits per heavy atom. The molecule has 1 N–H and O–H groups in total. The van der Waals surface area contributed by atoms with Crippen molar-refractivity contribution in [3.8, 4) is 17.0 Å². The number of aromatic nitrogens is 1. The number of carbonyl (C=O) groups is 2. The zero-order valence-corrected chi connectivity index (χ0v) is 19.5. The highest BCUT2D eigenvalue weighted by Crippen LogP contribution is 2.36. The van der Waals surface area contributed by atoms with Gasteiger partial charge in [-0.15, -0.1) is 11.3 Å². The van der Waals surface area contributed by atoms with Gasteiger partial charge in [0, 0.05) is 34.7 Å². The molecule has 0 unspecified atom stereocenters. The number of thiazole rings is 1. The Morgan fingerprint density at radius 3 is 2.64 bits per heavy atom. The van der Waals surface area contributed by atoms with Crippen LogP contribution in [-0.2, 0) is 11.2 Å². The second-order valence-electron chi connectivity index (χ2n) is 8.64. The number of ether oxygens (including phenoxy) is 1. The average molecular weight is 462 g/mol. The van der Waals surface area contributed by atoms with E-state index < -0.39 is 0 Å². The number of fused-ring (bicyclic) bond motifs is 1. The Labute approximate surface area is 197 Å². The van der Waals surface area contributed by atoms with Gasteiger partial charge in [0.1, 0.15) is 5.75 Å². The van der Waals surface area contributed by atoms with E-state index in [9.17, 15) is 9.59 Å². The van der Waals surface area contributed by atoms with Gasteiger partial charge < -0.3 is 9.64 Å². The smallest absolute Gasteiger partial charge is 0.257 e. The van der Waals surface area contributed by atoms with Crippen molar-refractivity contribution in [1.82, 2.24) is 4.98 Å². The van der Waals surface area contributed by atoms with Crippen LogP contribution in [0.4, 0.5) is 10.8 Å². The summed E-state index contributed by atoms with van der Waals surface area (Å²) >= 11 is 1.40. The van der Waals surface area contributed by atoms with Crippen LogP contribution in [0.5, 0.6) is 5.75 Å². The molecule has 1 aliphatic carbocycles. The SMILES string of the molecule is COc1ccc(C(=O)Nc2nc(-c3ccc4c(c3)CCN4C(=O)C3CCCCC3)cs2)cc1. The highest BCUT2D eigenvalue weighted by atomic mass is 32.1. The van der Waals surface area contributed by atoms with Crippen LogP contribution in [0.2, 0.25) is 0 Å². The van der Waals surface area contributed by atoms with Crippen molar-refractivity contribution < 1.29 is 14.3 Å². The summed E-state index contributed by atoms with van der Waals surface area (Å²) in [4.78, 5) is 32.2. The van der Waals surface area contributed by atoms with Gasteiger partial charge in [-0.3, -0.25) is 14.9 Å². The number of hydrogen-bond donors (Lipinski definition) is 1. The molecule has 1 fully saturated rings. The molecule has 5 rings (SSSR count). The van der Waals surface area contributed by atoms with E-state index in [0.29, 0.717) is 22.4 Å². The van der Waals surface area contributed by atoms with Crippen LogP contribution in [0.3, 0.4) is 0 Å². The van der Waals surface area contributed by atoms with Crippen molar-refractivity contribution in [1.29, 1.82) is 0 Å². The van der Waals surface area contributed by atoms with Crippen molar-refractivity contribution in [3.63, 3.8) is 0 Å². The molecule has 0 atom stereocenters. The lowest BCUT2D eigenvalue weighted by Crippen LogP contribution is -2.35. The van der Waals surface area contributed by atoms with Gasteiger partial charge in [-0.1, -0.05) is 25.3 Å². The minimum atomic E-state index is -0.204. The summed E-state index contributed by atoms with van der Waals surface area (Å²) in [6.07, 6.45) is 6.49. The van der Waals surface area contributed by atoms with Crippen LogP contribution in [0.1, 0.15) is 48.0 Å². The first-order chi connectivity index (χ1) is 16.1. The summed E-state index contributed by atoms with van der Waals surface area (Å²) in [6, 6.07) is 13.2. The van der Waals surface area contributed by atoms with E-state index in [1.807, 2.05) is 22.4 Å². The maximum absolute atomic E-state index is 13.0. The number of nitrogens with one attached hydrogen (secondary N) is 1. The van der Waals surface area contributed by atoms with E-state index in [-0.39, 0.29) is 11.8 Å². The zero-order valence-electron chi connectivity index (χ0n) is 18.7. The Kier molecular flexibility index (Phi) is 6.13. The first-order valence-corrected chi connectivity index (χ1v) is 12.4. The fraction of sp³-hybridized carbons (Fsp3) is 0.346. The number of methoxy groups -OCH3 is 1. The molecular weight excluding hydrogens is 434 g/mol. The third-order valence-corrected chi connectivity index (χ3v) is 7.33. The Hall–Kier alpha value is -3.19. The van der Waals surface area contributed by atoms with E-state index in [0.717, 1.165) is 55.6 Å². The summed E-state index contributed by atoms with van der Waals surface area (Å²) in [5, 5.41) is 5.38. The van der Waals surface area contributed by atoms with Crippen LogP contribution in [-0.4, -0.2) is 30.5 Å². The molecular formula is C26H27N3O3S. The average Bonchev–Trinajstić information content (AvgIpc) is 3.51. The van der Waals surface area contributed by atoms with Gasteiger partial charge in [0.2, 0.25) is 5.91 Å². The molecule has 2 amide bonds. The predicted octanol–water partition coefficient (Wildman–Crippen LogP) is 5.54. The molecule has 0 saturated heterocycles. The quantitative estimate of drug-likeness (QED) is 0.541. The highest BCUT2D eigenvalue weighted by Gasteiger charge is 2.31. The van der Waals surface area contributed by atoms with Crippen LogP contribution in [0.15, 0.2) is 47.8 Å². The maximum atomic E-state index is 13.0. The number of benzene rings is 2. The Bertz CT molecular complexity index is 1170. The van der Waals surface area contributed by atoms with E-state index in [1.54, 1.807) is 31.4 Å². The molecule has 1 aliphatic heterocycles. The topological polar surface area (TPSA) is 71.5 Å². The van der Waals surface area contributed by atoms with Gasteiger partial charge >= 0.3 is 0 Å². The van der Waals surface area contributed by atoms with Crippen molar-refractivity contribution in [3.05, 3.63) is 59.0 Å². The summed E-state index contributed by atoms with van der Waals surface area (Å²) in [5.74, 6) is 0.973. The molecule has 33 heavy (non-hydrogen) atoms. The Balaban J connectivity index is 1.28. The van der Waals surface area contributed by atoms with Gasteiger partial charge in [0.25, 0.3) is 5.91 Å². The van der Waals surface area contributed by atoms with Gasteiger partial charge in [-0.05, 0) is 61.2 Å². The lowest BCUT2D eigenvalue weighted by molar-refractivity contribution is -0.123. The first-order valence-electron chi connectivity index (χ1n) is 11.5. The zero-order chi connectivity index (χ0) is 22.8. The summed E-state index contributed by atoms with van der Waals surface area (Å²) in [5.41, 5.74) is 4.60. The second kappa shape index (κ2) is 9.35. The van der Waals surface area contributed by atoms with Crippen molar-refractivity contribution >= 4 is 34.0 Å². The van der Waals surface area contributed by atoms with E-state index >= 15 is 0 Å². The maximum Gasteiger partial charge on any atom is 0.257 e. The number of carbonyl (C=O) groups excluding carboxylic acids is 2. The fourth-order valence-electron chi connectivity index (χ4n) is 4.74. The van der Waals surface area contributed by atoms with Crippen LogP contribution in [0.25, 0.3) is 11.3 Å².